The third-order valence-electron chi connectivity index (χ3n) is 2.56. The summed E-state index contributed by atoms with van der Waals surface area (Å²) in [6.07, 6.45) is 1.70. The van der Waals surface area contributed by atoms with Crippen molar-refractivity contribution >= 4 is 9.84 Å². The summed E-state index contributed by atoms with van der Waals surface area (Å²) in [4.78, 5) is 0. The number of rotatable bonds is 5. The number of hydrogen-bond donors (Lipinski definition) is 1. The fourth-order valence-electron chi connectivity index (χ4n) is 1.74. The average molecular weight is 221 g/mol. The molecule has 1 aliphatic rings. The van der Waals surface area contributed by atoms with Crippen LogP contribution in [0.15, 0.2) is 0 Å². The Kier molecular flexibility index (Phi) is 4.34. The molecular weight excluding hydrogens is 202 g/mol. The van der Waals surface area contributed by atoms with Crippen molar-refractivity contribution in [3.63, 3.8) is 0 Å². The van der Waals surface area contributed by atoms with Crippen molar-refractivity contribution in [1.82, 2.24) is 5.32 Å². The molecule has 5 heteroatoms. The van der Waals surface area contributed by atoms with E-state index in [2.05, 4.69) is 12.2 Å². The lowest BCUT2D eigenvalue weighted by Gasteiger charge is -2.19. The summed E-state index contributed by atoms with van der Waals surface area (Å²) >= 11 is 0. The molecule has 84 valence electrons. The normalized spacial score (nSPS) is 27.7. The fraction of sp³-hybridized carbons (Fsp3) is 1.00. The molecule has 0 bridgehead atoms. The van der Waals surface area contributed by atoms with Crippen LogP contribution in [-0.2, 0) is 14.6 Å². The van der Waals surface area contributed by atoms with E-state index in [1.165, 1.54) is 0 Å². The SMILES string of the molecule is CCC(COC)NC1CCS(=O)(=O)C1. The molecule has 1 rings (SSSR count). The smallest absolute Gasteiger partial charge is 0.151 e. The molecule has 1 heterocycles. The summed E-state index contributed by atoms with van der Waals surface area (Å²) in [5.41, 5.74) is 0. The molecule has 0 amide bonds. The number of ether oxygens (including phenoxy) is 1. The average Bonchev–Trinajstić information content (AvgIpc) is 2.45. The molecule has 14 heavy (non-hydrogen) atoms. The van der Waals surface area contributed by atoms with E-state index in [-0.39, 0.29) is 17.8 Å². The first kappa shape index (κ1) is 11.9. The first-order chi connectivity index (χ1) is 6.57. The van der Waals surface area contributed by atoms with Crippen molar-refractivity contribution in [2.75, 3.05) is 25.2 Å². The van der Waals surface area contributed by atoms with Gasteiger partial charge in [-0.15, -0.1) is 0 Å². The van der Waals surface area contributed by atoms with Gasteiger partial charge in [-0.1, -0.05) is 6.92 Å². The van der Waals surface area contributed by atoms with Gasteiger partial charge in [0, 0.05) is 19.2 Å². The predicted octanol–water partition coefficient (Wildman–Crippen LogP) is 0.188. The molecule has 1 saturated heterocycles. The molecule has 2 atom stereocenters. The summed E-state index contributed by atoms with van der Waals surface area (Å²) < 4.78 is 27.4. The van der Waals surface area contributed by atoms with Crippen LogP contribution in [0.1, 0.15) is 19.8 Å². The lowest BCUT2D eigenvalue weighted by atomic mass is 10.2. The molecule has 0 saturated carbocycles. The predicted molar refractivity (Wildman–Crippen MR) is 56.1 cm³/mol. The minimum absolute atomic E-state index is 0.125. The zero-order valence-electron chi connectivity index (χ0n) is 8.82. The lowest BCUT2D eigenvalue weighted by molar-refractivity contribution is 0.160. The van der Waals surface area contributed by atoms with Crippen molar-refractivity contribution < 1.29 is 13.2 Å². The van der Waals surface area contributed by atoms with Crippen molar-refractivity contribution in [1.29, 1.82) is 0 Å². The number of hydrogen-bond acceptors (Lipinski definition) is 4. The topological polar surface area (TPSA) is 55.4 Å². The van der Waals surface area contributed by atoms with Crippen molar-refractivity contribution in [3.05, 3.63) is 0 Å². The van der Waals surface area contributed by atoms with Crippen LogP contribution in [0.2, 0.25) is 0 Å². The summed E-state index contributed by atoms with van der Waals surface area (Å²) in [7, 11) is -1.11. The Bertz CT molecular complexity index is 263. The monoisotopic (exact) mass is 221 g/mol. The van der Waals surface area contributed by atoms with E-state index in [0.29, 0.717) is 12.4 Å². The number of nitrogens with one attached hydrogen (secondary N) is 1. The summed E-state index contributed by atoms with van der Waals surface area (Å²) in [6, 6.07) is 0.401. The maximum atomic E-state index is 11.2. The first-order valence-electron chi connectivity index (χ1n) is 5.03. The van der Waals surface area contributed by atoms with Gasteiger partial charge < -0.3 is 10.1 Å². The Morgan fingerprint density at radius 3 is 2.71 bits per heavy atom. The zero-order valence-corrected chi connectivity index (χ0v) is 9.64. The molecule has 0 aliphatic carbocycles. The van der Waals surface area contributed by atoms with E-state index in [1.807, 2.05) is 0 Å². The number of methoxy groups -OCH3 is 1. The molecule has 0 aromatic heterocycles. The van der Waals surface area contributed by atoms with Gasteiger partial charge in [0.1, 0.15) is 0 Å². The highest BCUT2D eigenvalue weighted by atomic mass is 32.2. The van der Waals surface area contributed by atoms with Crippen LogP contribution >= 0.6 is 0 Å². The van der Waals surface area contributed by atoms with Crippen LogP contribution in [0.4, 0.5) is 0 Å². The molecule has 1 fully saturated rings. The van der Waals surface area contributed by atoms with Gasteiger partial charge in [0.2, 0.25) is 0 Å². The maximum absolute atomic E-state index is 11.2. The second-order valence-corrected chi connectivity index (χ2v) is 6.06. The zero-order chi connectivity index (χ0) is 10.6. The molecular formula is C9H19NO3S. The lowest BCUT2D eigenvalue weighted by Crippen LogP contribution is -2.41. The minimum Gasteiger partial charge on any atom is -0.383 e. The first-order valence-corrected chi connectivity index (χ1v) is 6.85. The van der Waals surface area contributed by atoms with Crippen LogP contribution in [0.3, 0.4) is 0 Å². The Morgan fingerprint density at radius 1 is 1.57 bits per heavy atom. The fourth-order valence-corrected chi connectivity index (χ4v) is 3.43. The highest BCUT2D eigenvalue weighted by molar-refractivity contribution is 7.91. The quantitative estimate of drug-likeness (QED) is 0.720. The summed E-state index contributed by atoms with van der Waals surface area (Å²) in [6.45, 7) is 2.72. The van der Waals surface area contributed by atoms with Gasteiger partial charge in [0.15, 0.2) is 9.84 Å². The van der Waals surface area contributed by atoms with Gasteiger partial charge in [0.05, 0.1) is 18.1 Å². The van der Waals surface area contributed by atoms with Gasteiger partial charge in [0.25, 0.3) is 0 Å². The summed E-state index contributed by atoms with van der Waals surface area (Å²) in [5, 5.41) is 3.32. The number of sulfone groups is 1. The maximum Gasteiger partial charge on any atom is 0.151 e. The van der Waals surface area contributed by atoms with Crippen LogP contribution in [-0.4, -0.2) is 45.7 Å². The van der Waals surface area contributed by atoms with Gasteiger partial charge in [-0.25, -0.2) is 8.42 Å². The van der Waals surface area contributed by atoms with E-state index in [9.17, 15) is 8.42 Å². The van der Waals surface area contributed by atoms with Gasteiger partial charge in [-0.2, -0.15) is 0 Å². The van der Waals surface area contributed by atoms with Crippen LogP contribution < -0.4 is 5.32 Å². The Labute approximate surface area is 85.9 Å². The van der Waals surface area contributed by atoms with Crippen LogP contribution in [0, 0.1) is 0 Å². The van der Waals surface area contributed by atoms with Crippen molar-refractivity contribution in [3.8, 4) is 0 Å². The molecule has 4 nitrogen and oxygen atoms in total. The van der Waals surface area contributed by atoms with E-state index in [0.717, 1.165) is 12.8 Å². The van der Waals surface area contributed by atoms with E-state index >= 15 is 0 Å². The second-order valence-electron chi connectivity index (χ2n) is 3.83. The van der Waals surface area contributed by atoms with Crippen LogP contribution in [0.5, 0.6) is 0 Å². The highest BCUT2D eigenvalue weighted by Crippen LogP contribution is 2.12. The van der Waals surface area contributed by atoms with Gasteiger partial charge in [-0.05, 0) is 12.8 Å². The molecule has 0 aromatic carbocycles. The third-order valence-corrected chi connectivity index (χ3v) is 4.33. The molecule has 2 unspecified atom stereocenters. The van der Waals surface area contributed by atoms with Crippen molar-refractivity contribution in [2.24, 2.45) is 0 Å². The van der Waals surface area contributed by atoms with E-state index in [4.69, 9.17) is 4.74 Å². The largest absolute Gasteiger partial charge is 0.383 e. The highest BCUT2D eigenvalue weighted by Gasteiger charge is 2.28. The molecule has 0 radical (unpaired) electrons. The van der Waals surface area contributed by atoms with E-state index in [1.54, 1.807) is 7.11 Å². The van der Waals surface area contributed by atoms with E-state index < -0.39 is 9.84 Å². The minimum atomic E-state index is -2.77. The van der Waals surface area contributed by atoms with Crippen molar-refractivity contribution in [2.45, 2.75) is 31.8 Å². The standard InChI is InChI=1S/C9H19NO3S/c1-3-8(6-13-2)10-9-4-5-14(11,12)7-9/h8-10H,3-7H2,1-2H3. The Balaban J connectivity index is 2.37. The van der Waals surface area contributed by atoms with Crippen LogP contribution in [0.25, 0.3) is 0 Å². The Morgan fingerprint density at radius 2 is 2.29 bits per heavy atom. The molecule has 1 N–H and O–H groups in total. The third kappa shape index (κ3) is 3.55. The molecule has 1 aliphatic heterocycles. The Hall–Kier alpha value is -0.130. The van der Waals surface area contributed by atoms with Gasteiger partial charge in [-0.3, -0.25) is 0 Å². The summed E-state index contributed by atoms with van der Waals surface area (Å²) in [5.74, 6) is 0.612. The van der Waals surface area contributed by atoms with Gasteiger partial charge >= 0.3 is 0 Å². The second kappa shape index (κ2) is 5.09. The molecule has 0 aromatic rings. The molecule has 0 spiro atoms.